The van der Waals surface area contributed by atoms with Gasteiger partial charge in [0.05, 0.1) is 0 Å². The molecule has 0 saturated carbocycles. The van der Waals surface area contributed by atoms with E-state index < -0.39 is 0 Å². The monoisotopic (exact) mass is 275 g/mol. The number of hydrogen-bond acceptors (Lipinski definition) is 3. The van der Waals surface area contributed by atoms with Crippen molar-refractivity contribution >= 4 is 11.7 Å². The molecule has 20 heavy (non-hydrogen) atoms. The highest BCUT2D eigenvalue weighted by Crippen LogP contribution is 2.24. The van der Waals surface area contributed by atoms with Gasteiger partial charge in [-0.2, -0.15) is 0 Å². The van der Waals surface area contributed by atoms with Crippen LogP contribution in [0.3, 0.4) is 0 Å². The van der Waals surface area contributed by atoms with E-state index >= 15 is 0 Å². The molecule has 1 aromatic rings. The Kier molecular flexibility index (Phi) is 4.42. The highest BCUT2D eigenvalue weighted by molar-refractivity contribution is 5.96. The molecule has 1 heterocycles. The molecule has 1 aliphatic rings. The van der Waals surface area contributed by atoms with Crippen molar-refractivity contribution in [2.24, 2.45) is 0 Å². The molecule has 4 nitrogen and oxygen atoms in total. The Morgan fingerprint density at radius 2 is 2.10 bits per heavy atom. The fourth-order valence-corrected chi connectivity index (χ4v) is 2.85. The average molecular weight is 275 g/mol. The molecule has 1 saturated heterocycles. The van der Waals surface area contributed by atoms with Crippen LogP contribution in [0, 0.1) is 6.92 Å². The van der Waals surface area contributed by atoms with Crippen LogP contribution >= 0.6 is 0 Å². The number of carbonyl (C=O) groups is 2. The summed E-state index contributed by atoms with van der Waals surface area (Å²) in [6, 6.07) is 4.80. The maximum absolute atomic E-state index is 12.7. The van der Waals surface area contributed by atoms with Crippen molar-refractivity contribution in [3.8, 4) is 5.75 Å². The smallest absolute Gasteiger partial charge is 0.254 e. The predicted octanol–water partition coefficient (Wildman–Crippen LogP) is 2.67. The Bertz CT molecular complexity index is 524. The molecule has 0 spiro atoms. The van der Waals surface area contributed by atoms with E-state index in [0.717, 1.165) is 24.8 Å². The number of aromatic hydroxyl groups is 1. The molecule has 1 amide bonds. The quantitative estimate of drug-likeness (QED) is 0.922. The van der Waals surface area contributed by atoms with Crippen molar-refractivity contribution in [1.29, 1.82) is 0 Å². The number of Topliss-reactive ketones (excluding diaryl/α,β-unsaturated/α-hetero) is 1. The van der Waals surface area contributed by atoms with Gasteiger partial charge in [-0.25, -0.2) is 0 Å². The van der Waals surface area contributed by atoms with Crippen molar-refractivity contribution in [1.82, 2.24) is 4.90 Å². The minimum Gasteiger partial charge on any atom is -0.508 e. The maximum Gasteiger partial charge on any atom is 0.254 e. The zero-order chi connectivity index (χ0) is 14.7. The number of piperidine rings is 1. The van der Waals surface area contributed by atoms with Gasteiger partial charge < -0.3 is 10.0 Å². The van der Waals surface area contributed by atoms with E-state index in [2.05, 4.69) is 0 Å². The topological polar surface area (TPSA) is 57.6 Å². The third-order valence-corrected chi connectivity index (χ3v) is 3.85. The Hall–Kier alpha value is -1.84. The van der Waals surface area contributed by atoms with Crippen molar-refractivity contribution in [2.75, 3.05) is 6.54 Å². The van der Waals surface area contributed by atoms with Gasteiger partial charge in [-0.15, -0.1) is 0 Å². The van der Waals surface area contributed by atoms with Crippen LogP contribution in [0.25, 0.3) is 0 Å². The first kappa shape index (κ1) is 14.6. The van der Waals surface area contributed by atoms with Gasteiger partial charge in [-0.1, -0.05) is 0 Å². The lowest BCUT2D eigenvalue weighted by atomic mass is 9.96. The van der Waals surface area contributed by atoms with Crippen molar-refractivity contribution in [2.45, 2.75) is 45.6 Å². The molecule has 4 heteroatoms. The zero-order valence-corrected chi connectivity index (χ0v) is 12.1. The summed E-state index contributed by atoms with van der Waals surface area (Å²) in [6.07, 6.45) is 3.37. The number of amides is 1. The molecule has 1 aliphatic heterocycles. The number of phenols is 1. The minimum absolute atomic E-state index is 0.0157. The third-order valence-electron chi connectivity index (χ3n) is 3.85. The van der Waals surface area contributed by atoms with Gasteiger partial charge in [0.1, 0.15) is 11.5 Å². The third kappa shape index (κ3) is 3.18. The summed E-state index contributed by atoms with van der Waals surface area (Å²) in [6.45, 7) is 4.09. The number of ketones is 1. The summed E-state index contributed by atoms with van der Waals surface area (Å²) in [5.41, 5.74) is 1.38. The number of nitrogens with zero attached hydrogens (tertiary/aromatic N) is 1. The van der Waals surface area contributed by atoms with Gasteiger partial charge >= 0.3 is 0 Å². The molecule has 2 rings (SSSR count). The Morgan fingerprint density at radius 1 is 1.35 bits per heavy atom. The molecule has 0 aliphatic carbocycles. The van der Waals surface area contributed by atoms with E-state index in [1.54, 1.807) is 19.1 Å². The molecule has 1 aromatic carbocycles. The second-order valence-electron chi connectivity index (χ2n) is 5.55. The lowest BCUT2D eigenvalue weighted by Gasteiger charge is -2.35. The second-order valence-corrected chi connectivity index (χ2v) is 5.55. The van der Waals surface area contributed by atoms with Gasteiger partial charge in [0.2, 0.25) is 0 Å². The van der Waals surface area contributed by atoms with Gasteiger partial charge in [0, 0.05) is 24.6 Å². The number of rotatable bonds is 3. The molecule has 108 valence electrons. The van der Waals surface area contributed by atoms with Crippen LogP contribution in [0.15, 0.2) is 18.2 Å². The lowest BCUT2D eigenvalue weighted by Crippen LogP contribution is -2.44. The largest absolute Gasteiger partial charge is 0.508 e. The Labute approximate surface area is 119 Å². The normalized spacial score (nSPS) is 18.9. The van der Waals surface area contributed by atoms with E-state index in [4.69, 9.17) is 0 Å². The van der Waals surface area contributed by atoms with Gasteiger partial charge in [-0.05, 0) is 56.9 Å². The molecule has 1 N–H and O–H groups in total. The van der Waals surface area contributed by atoms with Gasteiger partial charge in [0.15, 0.2) is 0 Å². The van der Waals surface area contributed by atoms with E-state index in [-0.39, 0.29) is 23.5 Å². The Balaban J connectivity index is 2.22. The number of carbonyl (C=O) groups excluding carboxylic acids is 2. The van der Waals surface area contributed by atoms with E-state index in [9.17, 15) is 14.7 Å². The Morgan fingerprint density at radius 3 is 2.75 bits per heavy atom. The van der Waals surface area contributed by atoms with Crippen molar-refractivity contribution in [3.63, 3.8) is 0 Å². The molecule has 1 fully saturated rings. The highest BCUT2D eigenvalue weighted by atomic mass is 16.3. The van der Waals surface area contributed by atoms with Crippen molar-refractivity contribution in [3.05, 3.63) is 29.3 Å². The summed E-state index contributed by atoms with van der Waals surface area (Å²) >= 11 is 0. The molecule has 0 aromatic heterocycles. The molecule has 0 radical (unpaired) electrons. The first-order valence-electron chi connectivity index (χ1n) is 7.09. The SMILES string of the molecule is CC(=O)CC1CCCCN1C(=O)c1ccc(O)cc1C. The van der Waals surface area contributed by atoms with Crippen LogP contribution in [0.2, 0.25) is 0 Å². The predicted molar refractivity (Wildman–Crippen MR) is 76.8 cm³/mol. The molecule has 1 atom stereocenters. The molecular weight excluding hydrogens is 254 g/mol. The molecule has 1 unspecified atom stereocenters. The maximum atomic E-state index is 12.7. The van der Waals surface area contributed by atoms with Crippen LogP contribution in [0.5, 0.6) is 5.75 Å². The highest BCUT2D eigenvalue weighted by Gasteiger charge is 2.28. The summed E-state index contributed by atoms with van der Waals surface area (Å²) in [5.74, 6) is 0.253. The summed E-state index contributed by atoms with van der Waals surface area (Å²) in [5, 5.41) is 9.43. The van der Waals surface area contributed by atoms with Crippen LogP contribution in [-0.2, 0) is 4.79 Å². The van der Waals surface area contributed by atoms with Gasteiger partial charge in [-0.3, -0.25) is 9.59 Å². The van der Waals surface area contributed by atoms with Crippen LogP contribution in [0.1, 0.15) is 48.5 Å². The number of likely N-dealkylation sites (tertiary alicyclic amines) is 1. The fraction of sp³-hybridized carbons (Fsp3) is 0.500. The second kappa shape index (κ2) is 6.07. The minimum atomic E-state index is -0.0338. The van der Waals surface area contributed by atoms with Crippen LogP contribution in [-0.4, -0.2) is 34.3 Å². The van der Waals surface area contributed by atoms with Crippen LogP contribution < -0.4 is 0 Å². The average Bonchev–Trinajstić information content (AvgIpc) is 2.38. The number of aryl methyl sites for hydroxylation is 1. The first-order valence-corrected chi connectivity index (χ1v) is 7.09. The van der Waals surface area contributed by atoms with Gasteiger partial charge in [0.25, 0.3) is 5.91 Å². The van der Waals surface area contributed by atoms with E-state index in [1.165, 1.54) is 6.07 Å². The zero-order valence-electron chi connectivity index (χ0n) is 12.1. The lowest BCUT2D eigenvalue weighted by molar-refractivity contribution is -0.118. The number of phenolic OH excluding ortho intramolecular Hbond substituents is 1. The summed E-state index contributed by atoms with van der Waals surface area (Å²) in [7, 11) is 0. The number of hydrogen-bond donors (Lipinski definition) is 1. The van der Waals surface area contributed by atoms with Crippen molar-refractivity contribution < 1.29 is 14.7 Å². The first-order chi connectivity index (χ1) is 9.49. The molecule has 0 bridgehead atoms. The van der Waals surface area contributed by atoms with E-state index in [1.807, 2.05) is 11.8 Å². The fourth-order valence-electron chi connectivity index (χ4n) is 2.85. The molecular formula is C16H21NO3. The van der Waals surface area contributed by atoms with E-state index in [0.29, 0.717) is 18.5 Å². The van der Waals surface area contributed by atoms with Crippen LogP contribution in [0.4, 0.5) is 0 Å². The summed E-state index contributed by atoms with van der Waals surface area (Å²) in [4.78, 5) is 25.8. The standard InChI is InChI=1S/C16H21NO3/c1-11-9-14(19)6-7-15(11)16(20)17-8-4-3-5-13(17)10-12(2)18/h6-7,9,13,19H,3-5,8,10H2,1-2H3. The number of benzene rings is 1. The summed E-state index contributed by atoms with van der Waals surface area (Å²) < 4.78 is 0.